The minimum absolute atomic E-state index is 0.117. The van der Waals surface area contributed by atoms with Crippen molar-refractivity contribution in [3.8, 4) is 23.3 Å². The van der Waals surface area contributed by atoms with Gasteiger partial charge in [-0.3, -0.25) is 9.59 Å². The van der Waals surface area contributed by atoms with Crippen LogP contribution in [0.25, 0.3) is 5.57 Å². The average molecular weight is 455 g/mol. The number of benzene rings is 3. The Morgan fingerprint density at radius 3 is 2.06 bits per heavy atom. The van der Waals surface area contributed by atoms with Crippen molar-refractivity contribution in [3.05, 3.63) is 83.6 Å². The van der Waals surface area contributed by atoms with E-state index in [1.807, 2.05) is 6.07 Å². The number of imide groups is 1. The van der Waals surface area contributed by atoms with Crippen LogP contribution >= 0.6 is 0 Å². The first-order valence-corrected chi connectivity index (χ1v) is 10.3. The molecule has 1 aliphatic heterocycles. The minimum Gasteiger partial charge on any atom is -0.497 e. The van der Waals surface area contributed by atoms with Crippen molar-refractivity contribution in [2.45, 2.75) is 0 Å². The summed E-state index contributed by atoms with van der Waals surface area (Å²) in [5.41, 5.74) is 2.22. The standard InChI is InChI=1S/C26H21N3O5/c1-32-20-11-6-17(7-12-20)23-24(28-18-8-13-21(33-2)22(14-18)34-3)26(31)29(25(23)30)19-9-4-16(15-27)5-10-19/h4-14,28H,1-3H3. The molecular formula is C26H21N3O5. The van der Waals surface area contributed by atoms with Gasteiger partial charge in [0.2, 0.25) is 0 Å². The van der Waals surface area contributed by atoms with E-state index in [2.05, 4.69) is 5.32 Å². The van der Waals surface area contributed by atoms with Gasteiger partial charge < -0.3 is 19.5 Å². The Morgan fingerprint density at radius 2 is 1.47 bits per heavy atom. The van der Waals surface area contributed by atoms with E-state index in [1.165, 1.54) is 14.2 Å². The maximum absolute atomic E-state index is 13.5. The van der Waals surface area contributed by atoms with Crippen molar-refractivity contribution in [1.82, 2.24) is 0 Å². The molecule has 0 fully saturated rings. The van der Waals surface area contributed by atoms with Crippen molar-refractivity contribution in [1.29, 1.82) is 5.26 Å². The number of ether oxygens (including phenoxy) is 3. The molecule has 2 amide bonds. The van der Waals surface area contributed by atoms with Gasteiger partial charge in [-0.2, -0.15) is 5.26 Å². The maximum atomic E-state index is 13.5. The molecule has 0 atom stereocenters. The van der Waals surface area contributed by atoms with E-state index < -0.39 is 11.8 Å². The van der Waals surface area contributed by atoms with Crippen molar-refractivity contribution in [2.75, 3.05) is 31.5 Å². The molecule has 8 heteroatoms. The van der Waals surface area contributed by atoms with Crippen LogP contribution in [0.4, 0.5) is 11.4 Å². The van der Waals surface area contributed by atoms with Crippen LogP contribution in [0.5, 0.6) is 17.2 Å². The molecule has 0 aliphatic carbocycles. The largest absolute Gasteiger partial charge is 0.497 e. The van der Waals surface area contributed by atoms with E-state index in [1.54, 1.807) is 73.8 Å². The average Bonchev–Trinajstić information content (AvgIpc) is 3.12. The van der Waals surface area contributed by atoms with E-state index in [-0.39, 0.29) is 11.3 Å². The molecule has 170 valence electrons. The molecule has 0 unspecified atom stereocenters. The predicted octanol–water partition coefficient (Wildman–Crippen LogP) is 3.98. The van der Waals surface area contributed by atoms with Crippen molar-refractivity contribution in [3.63, 3.8) is 0 Å². The maximum Gasteiger partial charge on any atom is 0.282 e. The highest BCUT2D eigenvalue weighted by Crippen LogP contribution is 2.36. The van der Waals surface area contributed by atoms with Gasteiger partial charge >= 0.3 is 0 Å². The highest BCUT2D eigenvalue weighted by molar-refractivity contribution is 6.46. The molecule has 1 N–H and O–H groups in total. The van der Waals surface area contributed by atoms with Crippen LogP contribution in [0.1, 0.15) is 11.1 Å². The Kier molecular flexibility index (Phi) is 6.19. The van der Waals surface area contributed by atoms with E-state index in [0.717, 1.165) is 4.90 Å². The summed E-state index contributed by atoms with van der Waals surface area (Å²) >= 11 is 0. The third-order valence-corrected chi connectivity index (χ3v) is 5.37. The van der Waals surface area contributed by atoms with Crippen LogP contribution in [0, 0.1) is 11.3 Å². The van der Waals surface area contributed by atoms with E-state index >= 15 is 0 Å². The van der Waals surface area contributed by atoms with Crippen LogP contribution in [0.3, 0.4) is 0 Å². The summed E-state index contributed by atoms with van der Waals surface area (Å²) in [4.78, 5) is 28.1. The highest BCUT2D eigenvalue weighted by Gasteiger charge is 2.40. The first kappa shape index (κ1) is 22.4. The second kappa shape index (κ2) is 9.38. The number of hydrogen-bond donors (Lipinski definition) is 1. The molecule has 0 bridgehead atoms. The molecule has 0 saturated heterocycles. The van der Waals surface area contributed by atoms with E-state index in [0.29, 0.717) is 39.8 Å². The van der Waals surface area contributed by atoms with Gasteiger partial charge in [0.25, 0.3) is 11.8 Å². The fourth-order valence-corrected chi connectivity index (χ4v) is 3.65. The van der Waals surface area contributed by atoms with Gasteiger partial charge in [-0.05, 0) is 54.1 Å². The zero-order valence-corrected chi connectivity index (χ0v) is 18.8. The molecule has 0 saturated carbocycles. The quantitative estimate of drug-likeness (QED) is 0.538. The Balaban J connectivity index is 1.80. The zero-order chi connectivity index (χ0) is 24.2. The zero-order valence-electron chi connectivity index (χ0n) is 18.8. The molecule has 0 radical (unpaired) electrons. The second-order valence-corrected chi connectivity index (χ2v) is 7.28. The lowest BCUT2D eigenvalue weighted by Gasteiger charge is -2.16. The van der Waals surface area contributed by atoms with Crippen LogP contribution in [0.15, 0.2) is 72.4 Å². The number of nitrogens with zero attached hydrogens (tertiary/aromatic N) is 2. The molecule has 0 spiro atoms. The molecule has 34 heavy (non-hydrogen) atoms. The van der Waals surface area contributed by atoms with Gasteiger partial charge in [-0.15, -0.1) is 0 Å². The Labute approximate surface area is 196 Å². The van der Waals surface area contributed by atoms with Gasteiger partial charge in [0.1, 0.15) is 11.4 Å². The first-order valence-electron chi connectivity index (χ1n) is 10.3. The number of nitrogens with one attached hydrogen (secondary N) is 1. The van der Waals surface area contributed by atoms with Crippen LogP contribution in [-0.4, -0.2) is 33.1 Å². The number of hydrogen-bond acceptors (Lipinski definition) is 7. The highest BCUT2D eigenvalue weighted by atomic mass is 16.5. The van der Waals surface area contributed by atoms with Gasteiger partial charge in [0, 0.05) is 11.8 Å². The smallest absolute Gasteiger partial charge is 0.282 e. The van der Waals surface area contributed by atoms with Gasteiger partial charge in [-0.25, -0.2) is 4.90 Å². The SMILES string of the molecule is COc1ccc(C2=C(Nc3ccc(OC)c(OC)c3)C(=O)N(c3ccc(C#N)cc3)C2=O)cc1. The lowest BCUT2D eigenvalue weighted by atomic mass is 10.0. The fraction of sp³-hybridized carbons (Fsp3) is 0.115. The molecule has 3 aromatic carbocycles. The molecule has 1 heterocycles. The molecule has 1 aliphatic rings. The summed E-state index contributed by atoms with van der Waals surface area (Å²) in [5, 5.41) is 12.2. The number of carbonyl (C=O) groups is 2. The van der Waals surface area contributed by atoms with E-state index in [4.69, 9.17) is 19.5 Å². The second-order valence-electron chi connectivity index (χ2n) is 7.28. The van der Waals surface area contributed by atoms with Crippen LogP contribution in [-0.2, 0) is 9.59 Å². The summed E-state index contributed by atoms with van der Waals surface area (Å²) < 4.78 is 15.8. The van der Waals surface area contributed by atoms with Crippen molar-refractivity contribution < 1.29 is 23.8 Å². The Hall–Kier alpha value is -4.77. The summed E-state index contributed by atoms with van der Waals surface area (Å²) in [5.74, 6) is 0.628. The molecule has 0 aromatic heterocycles. The molecule has 3 aromatic rings. The lowest BCUT2D eigenvalue weighted by molar-refractivity contribution is -0.120. The number of nitriles is 1. The number of amides is 2. The normalized spacial score (nSPS) is 13.1. The third-order valence-electron chi connectivity index (χ3n) is 5.37. The topological polar surface area (TPSA) is 101 Å². The van der Waals surface area contributed by atoms with Crippen LogP contribution in [0.2, 0.25) is 0 Å². The van der Waals surface area contributed by atoms with Gasteiger partial charge in [0.05, 0.1) is 44.2 Å². The van der Waals surface area contributed by atoms with Gasteiger partial charge in [-0.1, -0.05) is 12.1 Å². The summed E-state index contributed by atoms with van der Waals surface area (Å²) in [6.07, 6.45) is 0. The number of anilines is 2. The third kappa shape index (κ3) is 4.02. The summed E-state index contributed by atoms with van der Waals surface area (Å²) in [6.45, 7) is 0. The number of methoxy groups -OCH3 is 3. The molecule has 4 rings (SSSR count). The summed E-state index contributed by atoms with van der Waals surface area (Å²) in [7, 11) is 4.60. The molecular weight excluding hydrogens is 434 g/mol. The minimum atomic E-state index is -0.518. The van der Waals surface area contributed by atoms with Crippen LogP contribution < -0.4 is 24.4 Å². The number of carbonyl (C=O) groups excluding carboxylic acids is 2. The van der Waals surface area contributed by atoms with Crippen molar-refractivity contribution >= 4 is 28.8 Å². The summed E-state index contributed by atoms with van der Waals surface area (Å²) in [6, 6.07) is 20.3. The van der Waals surface area contributed by atoms with Gasteiger partial charge in [0.15, 0.2) is 11.5 Å². The number of rotatable bonds is 7. The Bertz CT molecular complexity index is 1320. The molecule has 8 nitrogen and oxygen atoms in total. The lowest BCUT2D eigenvalue weighted by Crippen LogP contribution is -2.32. The predicted molar refractivity (Wildman–Crippen MR) is 127 cm³/mol. The van der Waals surface area contributed by atoms with Crippen molar-refractivity contribution in [2.24, 2.45) is 0 Å². The Morgan fingerprint density at radius 1 is 0.794 bits per heavy atom. The first-order chi connectivity index (χ1) is 16.5. The van der Waals surface area contributed by atoms with E-state index in [9.17, 15) is 9.59 Å². The monoisotopic (exact) mass is 455 g/mol. The fourth-order valence-electron chi connectivity index (χ4n) is 3.65.